The van der Waals surface area contributed by atoms with Gasteiger partial charge in [0.1, 0.15) is 0 Å². The van der Waals surface area contributed by atoms with E-state index < -0.39 is 0 Å². The van der Waals surface area contributed by atoms with Crippen LogP contribution in [0.25, 0.3) is 0 Å². The van der Waals surface area contributed by atoms with Crippen LogP contribution in [0.1, 0.15) is 31.3 Å². The van der Waals surface area contributed by atoms with Gasteiger partial charge in [0, 0.05) is 26.0 Å². The third-order valence-corrected chi connectivity index (χ3v) is 1.95. The predicted octanol–water partition coefficient (Wildman–Crippen LogP) is 2.17. The summed E-state index contributed by atoms with van der Waals surface area (Å²) in [4.78, 5) is 0. The van der Waals surface area contributed by atoms with Gasteiger partial charge in [0.05, 0.1) is 0 Å². The molecule has 60 valence electrons. The second kappa shape index (κ2) is 3.04. The highest BCUT2D eigenvalue weighted by Gasteiger charge is 2.12. The summed E-state index contributed by atoms with van der Waals surface area (Å²) in [5, 5.41) is 0. The zero-order valence-electron chi connectivity index (χ0n) is 7.76. The second-order valence-electron chi connectivity index (χ2n) is 3.27. The van der Waals surface area contributed by atoms with Crippen LogP contribution in [0.5, 0.6) is 0 Å². The lowest BCUT2D eigenvalue weighted by atomic mass is 10.2. The van der Waals surface area contributed by atoms with E-state index in [1.165, 1.54) is 11.4 Å². The first kappa shape index (κ1) is 8.25. The minimum absolute atomic E-state index is 0.566. The third kappa shape index (κ3) is 1.59. The molecular weight excluding hydrogens is 134 g/mol. The summed E-state index contributed by atoms with van der Waals surface area (Å²) < 4.78 is 2.33. The molecule has 1 heterocycles. The van der Waals surface area contributed by atoms with Crippen molar-refractivity contribution in [1.29, 1.82) is 0 Å². The summed E-state index contributed by atoms with van der Waals surface area (Å²) in [6, 6.07) is 6.96. The molecule has 0 aliphatic carbocycles. The van der Waals surface area contributed by atoms with Crippen molar-refractivity contribution in [3.63, 3.8) is 0 Å². The van der Waals surface area contributed by atoms with E-state index in [4.69, 9.17) is 0 Å². The van der Waals surface area contributed by atoms with E-state index in [9.17, 15) is 0 Å². The maximum atomic E-state index is 2.33. The topological polar surface area (TPSA) is 3.88 Å². The molecule has 1 aromatic rings. The lowest BCUT2D eigenvalue weighted by Gasteiger charge is -2.05. The van der Waals surface area contributed by atoms with Crippen LogP contribution in [0.3, 0.4) is 0 Å². The molecule has 0 atom stereocenters. The normalized spacial score (nSPS) is 10.6. The Balaban J connectivity index is 3.21. The average Bonchev–Trinajstić information content (AvgIpc) is 1.85. The van der Waals surface area contributed by atoms with Crippen molar-refractivity contribution in [2.45, 2.75) is 33.7 Å². The fourth-order valence-electron chi connectivity index (χ4n) is 1.58. The summed E-state index contributed by atoms with van der Waals surface area (Å²) in [6.07, 6.45) is 0. The number of aryl methyl sites for hydroxylation is 2. The summed E-state index contributed by atoms with van der Waals surface area (Å²) >= 11 is 0. The van der Waals surface area contributed by atoms with E-state index in [1.807, 2.05) is 0 Å². The molecule has 0 unspecified atom stereocenters. The minimum Gasteiger partial charge on any atom is -0.198 e. The molecule has 0 fully saturated rings. The Morgan fingerprint density at radius 1 is 1.09 bits per heavy atom. The van der Waals surface area contributed by atoms with E-state index in [2.05, 4.69) is 50.5 Å². The van der Waals surface area contributed by atoms with Crippen LogP contribution in [0.4, 0.5) is 0 Å². The monoisotopic (exact) mass is 150 g/mol. The molecule has 0 radical (unpaired) electrons. The Morgan fingerprint density at radius 2 is 1.55 bits per heavy atom. The van der Waals surface area contributed by atoms with Gasteiger partial charge in [-0.2, -0.15) is 4.57 Å². The Labute approximate surface area is 68.7 Å². The van der Waals surface area contributed by atoms with Crippen LogP contribution in [0.2, 0.25) is 0 Å². The Hall–Kier alpha value is -0.850. The van der Waals surface area contributed by atoms with Crippen LogP contribution in [-0.2, 0) is 0 Å². The highest BCUT2D eigenvalue weighted by atomic mass is 15.0. The van der Waals surface area contributed by atoms with Crippen molar-refractivity contribution < 1.29 is 4.57 Å². The fraction of sp³-hybridized carbons (Fsp3) is 0.500. The van der Waals surface area contributed by atoms with Gasteiger partial charge in [0.2, 0.25) is 0 Å². The fourth-order valence-corrected chi connectivity index (χ4v) is 1.58. The summed E-state index contributed by atoms with van der Waals surface area (Å²) in [7, 11) is 0. The van der Waals surface area contributed by atoms with Crippen molar-refractivity contribution >= 4 is 0 Å². The van der Waals surface area contributed by atoms with Crippen molar-refractivity contribution in [3.05, 3.63) is 29.6 Å². The number of nitrogens with zero attached hydrogens (tertiary/aromatic N) is 1. The van der Waals surface area contributed by atoms with Gasteiger partial charge in [-0.25, -0.2) is 0 Å². The summed E-state index contributed by atoms with van der Waals surface area (Å²) in [6.45, 7) is 8.71. The number of pyridine rings is 1. The first-order valence-electron chi connectivity index (χ1n) is 4.10. The van der Waals surface area contributed by atoms with Crippen molar-refractivity contribution in [3.8, 4) is 0 Å². The molecule has 11 heavy (non-hydrogen) atoms. The molecule has 0 N–H and O–H groups in total. The molecule has 0 spiro atoms. The standard InChI is InChI=1S/C10H16N/c1-8(2)11-9(3)6-5-7-10(11)4/h5-8H,1-4H3/q+1. The van der Waals surface area contributed by atoms with Crippen LogP contribution >= 0.6 is 0 Å². The zero-order valence-corrected chi connectivity index (χ0v) is 7.76. The van der Waals surface area contributed by atoms with E-state index in [-0.39, 0.29) is 0 Å². The third-order valence-electron chi connectivity index (χ3n) is 1.95. The summed E-state index contributed by atoms with van der Waals surface area (Å²) in [5.74, 6) is 0. The Morgan fingerprint density at radius 3 is 1.82 bits per heavy atom. The van der Waals surface area contributed by atoms with Crippen molar-refractivity contribution in [1.82, 2.24) is 0 Å². The lowest BCUT2D eigenvalue weighted by molar-refractivity contribution is -0.727. The largest absolute Gasteiger partial charge is 0.198 e. The molecule has 0 amide bonds. The van der Waals surface area contributed by atoms with Gasteiger partial charge in [0.25, 0.3) is 0 Å². The molecule has 1 nitrogen and oxygen atoms in total. The van der Waals surface area contributed by atoms with Crippen molar-refractivity contribution in [2.75, 3.05) is 0 Å². The van der Waals surface area contributed by atoms with Gasteiger partial charge in [-0.05, 0) is 19.9 Å². The first-order chi connectivity index (χ1) is 5.13. The SMILES string of the molecule is Cc1cccc(C)[n+]1C(C)C. The number of hydrogen-bond acceptors (Lipinski definition) is 0. The van der Waals surface area contributed by atoms with Gasteiger partial charge in [0.15, 0.2) is 17.4 Å². The maximum absolute atomic E-state index is 2.33. The van der Waals surface area contributed by atoms with Gasteiger partial charge in [-0.3, -0.25) is 0 Å². The number of rotatable bonds is 1. The van der Waals surface area contributed by atoms with Crippen molar-refractivity contribution in [2.24, 2.45) is 0 Å². The quantitative estimate of drug-likeness (QED) is 0.540. The average molecular weight is 150 g/mol. The molecule has 0 saturated heterocycles. The second-order valence-corrected chi connectivity index (χ2v) is 3.27. The Bertz CT molecular complexity index is 231. The van der Waals surface area contributed by atoms with Gasteiger partial charge in [-0.1, -0.05) is 0 Å². The molecule has 0 aliphatic rings. The van der Waals surface area contributed by atoms with Gasteiger partial charge >= 0.3 is 0 Å². The smallest absolute Gasteiger partial charge is 0.178 e. The molecule has 0 bridgehead atoms. The molecule has 0 aliphatic heterocycles. The van der Waals surface area contributed by atoms with Gasteiger partial charge in [-0.15, -0.1) is 0 Å². The van der Waals surface area contributed by atoms with Crippen LogP contribution in [0.15, 0.2) is 18.2 Å². The van der Waals surface area contributed by atoms with E-state index in [0.29, 0.717) is 6.04 Å². The zero-order chi connectivity index (χ0) is 8.43. The summed E-state index contributed by atoms with van der Waals surface area (Å²) in [5.41, 5.74) is 2.67. The maximum Gasteiger partial charge on any atom is 0.178 e. The van der Waals surface area contributed by atoms with Crippen LogP contribution in [0, 0.1) is 13.8 Å². The highest BCUT2D eigenvalue weighted by molar-refractivity contribution is 5.00. The molecule has 1 heteroatoms. The Kier molecular flexibility index (Phi) is 2.28. The van der Waals surface area contributed by atoms with Gasteiger partial charge < -0.3 is 0 Å². The molecule has 0 saturated carbocycles. The molecule has 0 aromatic carbocycles. The lowest BCUT2D eigenvalue weighted by Crippen LogP contribution is -2.42. The first-order valence-corrected chi connectivity index (χ1v) is 4.10. The number of hydrogen-bond donors (Lipinski definition) is 0. The molecule has 1 rings (SSSR count). The minimum atomic E-state index is 0.566. The van der Waals surface area contributed by atoms with E-state index >= 15 is 0 Å². The molecular formula is C10H16N+. The van der Waals surface area contributed by atoms with E-state index in [0.717, 1.165) is 0 Å². The molecule has 1 aromatic heterocycles. The highest BCUT2D eigenvalue weighted by Crippen LogP contribution is 2.00. The van der Waals surface area contributed by atoms with Crippen LogP contribution in [-0.4, -0.2) is 0 Å². The van der Waals surface area contributed by atoms with E-state index in [1.54, 1.807) is 0 Å². The number of aromatic nitrogens is 1. The predicted molar refractivity (Wildman–Crippen MR) is 46.5 cm³/mol. The van der Waals surface area contributed by atoms with Crippen LogP contribution < -0.4 is 4.57 Å².